The number of rotatable bonds is 5. The monoisotopic (exact) mass is 245 g/mol. The third-order valence-corrected chi connectivity index (χ3v) is 2.57. The van der Waals surface area contributed by atoms with Gasteiger partial charge >= 0.3 is 5.97 Å². The van der Waals surface area contributed by atoms with Gasteiger partial charge in [-0.3, -0.25) is 4.79 Å². The van der Waals surface area contributed by atoms with Gasteiger partial charge in [0.15, 0.2) is 0 Å². The minimum Gasteiger partial charge on any atom is -0.462 e. The standard InChI is InChI=1S/C12H23NO4/c1-12(2,3)17-6-5-16-11(14)10-7-9(15-4)8-13-10/h9-10,13H,5-8H2,1-4H3. The molecule has 0 aromatic heterocycles. The van der Waals surface area contributed by atoms with Crippen LogP contribution in [0.25, 0.3) is 0 Å². The van der Waals surface area contributed by atoms with E-state index in [9.17, 15) is 4.79 Å². The highest BCUT2D eigenvalue weighted by Gasteiger charge is 2.30. The Morgan fingerprint density at radius 1 is 1.35 bits per heavy atom. The fourth-order valence-corrected chi connectivity index (χ4v) is 1.65. The average Bonchev–Trinajstić information content (AvgIpc) is 2.71. The number of methoxy groups -OCH3 is 1. The SMILES string of the molecule is COC1CNC(C(=O)OCCOC(C)(C)C)C1. The predicted octanol–water partition coefficient (Wildman–Crippen LogP) is 0.722. The second-order valence-electron chi connectivity index (χ2n) is 5.18. The number of carbonyl (C=O) groups excluding carboxylic acids is 1. The van der Waals surface area contributed by atoms with Crippen molar-refractivity contribution >= 4 is 5.97 Å². The Hall–Kier alpha value is -0.650. The van der Waals surface area contributed by atoms with Crippen LogP contribution in [0.2, 0.25) is 0 Å². The van der Waals surface area contributed by atoms with Crippen molar-refractivity contribution in [3.8, 4) is 0 Å². The van der Waals surface area contributed by atoms with Crippen molar-refractivity contribution in [2.75, 3.05) is 26.9 Å². The Kier molecular flexibility index (Phi) is 5.36. The van der Waals surface area contributed by atoms with Gasteiger partial charge < -0.3 is 19.5 Å². The Morgan fingerprint density at radius 2 is 2.06 bits per heavy atom. The molecule has 2 unspecified atom stereocenters. The van der Waals surface area contributed by atoms with Gasteiger partial charge in [0, 0.05) is 20.1 Å². The lowest BCUT2D eigenvalue weighted by atomic mass is 10.2. The van der Waals surface area contributed by atoms with Crippen LogP contribution >= 0.6 is 0 Å². The summed E-state index contributed by atoms with van der Waals surface area (Å²) in [7, 11) is 1.65. The fourth-order valence-electron chi connectivity index (χ4n) is 1.65. The maximum Gasteiger partial charge on any atom is 0.323 e. The Morgan fingerprint density at radius 3 is 2.59 bits per heavy atom. The summed E-state index contributed by atoms with van der Waals surface area (Å²) in [6, 6.07) is -0.241. The maximum atomic E-state index is 11.6. The van der Waals surface area contributed by atoms with E-state index < -0.39 is 0 Å². The zero-order valence-corrected chi connectivity index (χ0v) is 11.1. The molecule has 5 heteroatoms. The van der Waals surface area contributed by atoms with Crippen LogP contribution in [0, 0.1) is 0 Å². The molecule has 2 atom stereocenters. The second kappa shape index (κ2) is 6.33. The Balaban J connectivity index is 2.14. The Bertz CT molecular complexity index is 249. The molecule has 5 nitrogen and oxygen atoms in total. The summed E-state index contributed by atoms with van der Waals surface area (Å²) in [5.74, 6) is -0.220. The molecule has 100 valence electrons. The number of hydrogen-bond donors (Lipinski definition) is 1. The van der Waals surface area contributed by atoms with Gasteiger partial charge in [-0.1, -0.05) is 0 Å². The number of esters is 1. The quantitative estimate of drug-likeness (QED) is 0.571. The van der Waals surface area contributed by atoms with Crippen molar-refractivity contribution in [3.05, 3.63) is 0 Å². The second-order valence-corrected chi connectivity index (χ2v) is 5.18. The molecule has 0 aromatic carbocycles. The molecular weight excluding hydrogens is 222 g/mol. The van der Waals surface area contributed by atoms with Gasteiger partial charge in [-0.25, -0.2) is 0 Å². The van der Waals surface area contributed by atoms with E-state index in [0.29, 0.717) is 26.2 Å². The smallest absolute Gasteiger partial charge is 0.323 e. The van der Waals surface area contributed by atoms with Gasteiger partial charge in [-0.2, -0.15) is 0 Å². The molecule has 0 spiro atoms. The first-order valence-electron chi connectivity index (χ1n) is 5.99. The van der Waals surface area contributed by atoms with Crippen molar-refractivity contribution in [2.24, 2.45) is 0 Å². The first kappa shape index (κ1) is 14.4. The molecule has 1 saturated heterocycles. The molecule has 0 amide bonds. The zero-order chi connectivity index (χ0) is 12.9. The molecular formula is C12H23NO4. The highest BCUT2D eigenvalue weighted by atomic mass is 16.6. The molecule has 1 aliphatic rings. The van der Waals surface area contributed by atoms with Crippen LogP contribution in [0.4, 0.5) is 0 Å². The highest BCUT2D eigenvalue weighted by Crippen LogP contribution is 2.11. The van der Waals surface area contributed by atoms with Crippen LogP contribution in [0.3, 0.4) is 0 Å². The van der Waals surface area contributed by atoms with Crippen molar-refractivity contribution in [1.29, 1.82) is 0 Å². The predicted molar refractivity (Wildman–Crippen MR) is 63.9 cm³/mol. The lowest BCUT2D eigenvalue weighted by molar-refractivity contribution is -0.149. The molecule has 1 heterocycles. The molecule has 0 radical (unpaired) electrons. The van der Waals surface area contributed by atoms with E-state index in [1.165, 1.54) is 0 Å². The number of nitrogens with one attached hydrogen (secondary N) is 1. The zero-order valence-electron chi connectivity index (χ0n) is 11.1. The summed E-state index contributed by atoms with van der Waals surface area (Å²) in [5.41, 5.74) is -0.195. The summed E-state index contributed by atoms with van der Waals surface area (Å²) in [6.45, 7) is 7.33. The van der Waals surface area contributed by atoms with Crippen molar-refractivity contribution in [2.45, 2.75) is 44.9 Å². The summed E-state index contributed by atoms with van der Waals surface area (Å²) >= 11 is 0. The van der Waals surface area contributed by atoms with Gasteiger partial charge in [0.25, 0.3) is 0 Å². The molecule has 1 fully saturated rings. The molecule has 0 bridgehead atoms. The van der Waals surface area contributed by atoms with E-state index in [1.807, 2.05) is 20.8 Å². The summed E-state index contributed by atoms with van der Waals surface area (Å²) in [6.07, 6.45) is 0.786. The van der Waals surface area contributed by atoms with Gasteiger partial charge in [0.05, 0.1) is 18.3 Å². The summed E-state index contributed by atoms with van der Waals surface area (Å²) < 4.78 is 15.8. The van der Waals surface area contributed by atoms with Crippen LogP contribution in [0.1, 0.15) is 27.2 Å². The van der Waals surface area contributed by atoms with Crippen LogP contribution in [-0.4, -0.2) is 50.6 Å². The lowest BCUT2D eigenvalue weighted by Crippen LogP contribution is -2.33. The molecule has 1 rings (SSSR count). The number of hydrogen-bond acceptors (Lipinski definition) is 5. The van der Waals surface area contributed by atoms with E-state index in [1.54, 1.807) is 7.11 Å². The third-order valence-electron chi connectivity index (χ3n) is 2.57. The van der Waals surface area contributed by atoms with E-state index >= 15 is 0 Å². The van der Waals surface area contributed by atoms with E-state index in [-0.39, 0.29) is 23.7 Å². The van der Waals surface area contributed by atoms with Gasteiger partial charge in [0.2, 0.25) is 0 Å². The Labute approximate surface area is 103 Å². The van der Waals surface area contributed by atoms with Crippen molar-refractivity contribution < 1.29 is 19.0 Å². The van der Waals surface area contributed by atoms with Crippen LogP contribution in [0.5, 0.6) is 0 Å². The maximum absolute atomic E-state index is 11.6. The number of carbonyl (C=O) groups is 1. The summed E-state index contributed by atoms with van der Waals surface area (Å²) in [5, 5.41) is 3.07. The van der Waals surface area contributed by atoms with E-state index in [2.05, 4.69) is 5.32 Å². The molecule has 17 heavy (non-hydrogen) atoms. The van der Waals surface area contributed by atoms with Gasteiger partial charge in [-0.15, -0.1) is 0 Å². The minimum absolute atomic E-state index is 0.110. The fraction of sp³-hybridized carbons (Fsp3) is 0.917. The first-order chi connectivity index (χ1) is 7.92. The van der Waals surface area contributed by atoms with Gasteiger partial charge in [0.1, 0.15) is 12.6 Å². The summed E-state index contributed by atoms with van der Waals surface area (Å²) in [4.78, 5) is 11.6. The normalized spacial score (nSPS) is 24.9. The van der Waals surface area contributed by atoms with Crippen molar-refractivity contribution in [1.82, 2.24) is 5.32 Å². The molecule has 0 aliphatic carbocycles. The van der Waals surface area contributed by atoms with Crippen LogP contribution < -0.4 is 5.32 Å². The number of ether oxygens (including phenoxy) is 3. The highest BCUT2D eigenvalue weighted by molar-refractivity contribution is 5.76. The average molecular weight is 245 g/mol. The first-order valence-corrected chi connectivity index (χ1v) is 5.99. The van der Waals surface area contributed by atoms with Gasteiger partial charge in [-0.05, 0) is 20.8 Å². The van der Waals surface area contributed by atoms with E-state index in [4.69, 9.17) is 14.2 Å². The molecule has 0 saturated carbocycles. The van der Waals surface area contributed by atoms with Crippen LogP contribution in [-0.2, 0) is 19.0 Å². The van der Waals surface area contributed by atoms with Crippen LogP contribution in [0.15, 0.2) is 0 Å². The molecule has 0 aromatic rings. The lowest BCUT2D eigenvalue weighted by Gasteiger charge is -2.19. The minimum atomic E-state index is -0.241. The van der Waals surface area contributed by atoms with Crippen molar-refractivity contribution in [3.63, 3.8) is 0 Å². The van der Waals surface area contributed by atoms with E-state index in [0.717, 1.165) is 0 Å². The topological polar surface area (TPSA) is 56.8 Å². The molecule has 1 aliphatic heterocycles. The third kappa shape index (κ3) is 5.48. The largest absolute Gasteiger partial charge is 0.462 e. The molecule has 1 N–H and O–H groups in total.